The van der Waals surface area contributed by atoms with Crippen LogP contribution in [0.3, 0.4) is 0 Å². The second-order valence-corrected chi connectivity index (χ2v) is 19.0. The molecule has 0 bridgehead atoms. The molecule has 0 amide bonds. The number of carbonyl (C=O) groups is 4. The van der Waals surface area contributed by atoms with Gasteiger partial charge in [0.1, 0.15) is 19.8 Å². The molecule has 0 radical (unpaired) electrons. The van der Waals surface area contributed by atoms with Gasteiger partial charge in [0.25, 0.3) is 0 Å². The van der Waals surface area contributed by atoms with Gasteiger partial charge in [-0.3, -0.25) is 14.4 Å². The fourth-order valence-corrected chi connectivity index (χ4v) is 8.33. The molecule has 0 saturated carbocycles. The summed E-state index contributed by atoms with van der Waals surface area (Å²) in [6.07, 6.45) is 35.0. The van der Waals surface area contributed by atoms with E-state index in [4.69, 9.17) is 33.2 Å². The number of likely N-dealkylation sites (tertiary alicyclic amines) is 1. The molecule has 12 heteroatoms. The van der Waals surface area contributed by atoms with Gasteiger partial charge in [-0.1, -0.05) is 136 Å². The minimum Gasteiger partial charge on any atom is -0.466 e. The summed E-state index contributed by atoms with van der Waals surface area (Å²) in [6, 6.07) is 0. The first-order valence-electron chi connectivity index (χ1n) is 27.8. The van der Waals surface area contributed by atoms with Crippen LogP contribution in [0.25, 0.3) is 0 Å². The number of hydrogen-bond donors (Lipinski definition) is 0. The summed E-state index contributed by atoms with van der Waals surface area (Å²) in [6.45, 7) is 15.3. The first-order valence-corrected chi connectivity index (χ1v) is 27.8. The van der Waals surface area contributed by atoms with Gasteiger partial charge < -0.3 is 38.1 Å². The van der Waals surface area contributed by atoms with Crippen LogP contribution in [-0.2, 0) is 47.5 Å². The lowest BCUT2D eigenvalue weighted by molar-refractivity contribution is -0.161. The van der Waals surface area contributed by atoms with Crippen LogP contribution in [0, 0.1) is 17.8 Å². The summed E-state index contributed by atoms with van der Waals surface area (Å²) >= 11 is 0. The summed E-state index contributed by atoms with van der Waals surface area (Å²) < 4.78 is 40.0. The highest BCUT2D eigenvalue weighted by Crippen LogP contribution is 2.22. The van der Waals surface area contributed by atoms with Crippen molar-refractivity contribution in [2.45, 2.75) is 227 Å². The number of esters is 3. The zero-order valence-electron chi connectivity index (χ0n) is 44.1. The smallest absolute Gasteiger partial charge is 0.466 e. The van der Waals surface area contributed by atoms with Gasteiger partial charge in [0.15, 0.2) is 6.29 Å². The van der Waals surface area contributed by atoms with Crippen LogP contribution in [0.4, 0.5) is 4.79 Å². The molecule has 2 unspecified atom stereocenters. The first kappa shape index (κ1) is 63.1. The van der Waals surface area contributed by atoms with Crippen LogP contribution < -0.4 is 0 Å². The Morgan fingerprint density at radius 1 is 0.515 bits per heavy atom. The number of rotatable bonds is 46. The van der Waals surface area contributed by atoms with Crippen molar-refractivity contribution in [3.8, 4) is 0 Å². The van der Waals surface area contributed by atoms with Crippen molar-refractivity contribution in [3.05, 3.63) is 24.3 Å². The van der Waals surface area contributed by atoms with Crippen molar-refractivity contribution in [1.82, 2.24) is 4.90 Å². The van der Waals surface area contributed by atoms with Crippen molar-refractivity contribution in [2.75, 3.05) is 65.9 Å². The fourth-order valence-electron chi connectivity index (χ4n) is 8.33. The van der Waals surface area contributed by atoms with Crippen LogP contribution in [0.1, 0.15) is 221 Å². The van der Waals surface area contributed by atoms with Crippen molar-refractivity contribution in [3.63, 3.8) is 0 Å². The summed E-state index contributed by atoms with van der Waals surface area (Å²) in [5.41, 5.74) is 0. The Morgan fingerprint density at radius 3 is 1.62 bits per heavy atom. The van der Waals surface area contributed by atoms with Gasteiger partial charge in [-0.05, 0) is 102 Å². The molecule has 1 rings (SSSR count). The van der Waals surface area contributed by atoms with E-state index in [0.717, 1.165) is 110 Å². The molecule has 2 atom stereocenters. The summed E-state index contributed by atoms with van der Waals surface area (Å²) in [5.74, 6) is -0.635. The maximum atomic E-state index is 13.0. The molecule has 0 spiro atoms. The lowest BCUT2D eigenvalue weighted by Crippen LogP contribution is -2.37. The number of hydrogen-bond acceptors (Lipinski definition) is 12. The summed E-state index contributed by atoms with van der Waals surface area (Å²) in [5, 5.41) is 0. The van der Waals surface area contributed by atoms with Crippen molar-refractivity contribution in [2.24, 2.45) is 17.8 Å². The molecule has 0 aromatic carbocycles. The Hall–Kier alpha value is -2.96. The van der Waals surface area contributed by atoms with Gasteiger partial charge in [0.05, 0.1) is 25.6 Å². The number of allylic oxidation sites excluding steroid dienone is 4. The number of carbonyl (C=O) groups excluding carboxylic acids is 4. The lowest BCUT2D eigenvalue weighted by atomic mass is 9.92. The molecular formula is C56H101NO11. The molecule has 0 aromatic heterocycles. The van der Waals surface area contributed by atoms with Crippen LogP contribution in [0.5, 0.6) is 0 Å². The summed E-state index contributed by atoms with van der Waals surface area (Å²) in [4.78, 5) is 53.4. The minimum absolute atomic E-state index is 0.0760. The highest BCUT2D eigenvalue weighted by Gasteiger charge is 2.23. The largest absolute Gasteiger partial charge is 0.508 e. The van der Waals surface area contributed by atoms with E-state index in [1.165, 1.54) is 64.2 Å². The maximum Gasteiger partial charge on any atom is 0.508 e. The second kappa shape index (κ2) is 46.4. The first-order chi connectivity index (χ1) is 33.2. The fraction of sp³-hybridized carbons (Fsp3) is 0.857. The molecule has 68 heavy (non-hydrogen) atoms. The molecule has 1 aliphatic rings. The van der Waals surface area contributed by atoms with Crippen LogP contribution in [-0.4, -0.2) is 101 Å². The Labute approximate surface area is 415 Å². The van der Waals surface area contributed by atoms with Crippen LogP contribution in [0.15, 0.2) is 24.3 Å². The standard InChI is InChI=1S/C56H101NO11/c1-6-11-15-19-23-29-41-63-55(64-42-30-24-20-16-12-7-2)38-37-54(60)66-47-51(48-68-56(61)67-45-50-34-31-40-57(10-5)44-50)46-65-53(59)36-28-22-21-27-35-52(58)62-43-39-49(32-25-17-13-8-3)33-26-18-14-9-4/h11-12,15-16,49-51,55H,6-10,13-14,17-48H2,1-5H3/b15-11-,16-12-. The van der Waals surface area contributed by atoms with Crippen molar-refractivity contribution in [1.29, 1.82) is 0 Å². The van der Waals surface area contributed by atoms with Crippen molar-refractivity contribution < 1.29 is 52.3 Å². The Morgan fingerprint density at radius 2 is 1.06 bits per heavy atom. The number of unbranched alkanes of at least 4 members (excludes halogenated alkanes) is 13. The quantitative estimate of drug-likeness (QED) is 0.0189. The van der Waals surface area contributed by atoms with Gasteiger partial charge >= 0.3 is 24.1 Å². The predicted molar refractivity (Wildman–Crippen MR) is 273 cm³/mol. The van der Waals surface area contributed by atoms with Gasteiger partial charge in [-0.15, -0.1) is 0 Å². The molecule has 0 N–H and O–H groups in total. The highest BCUT2D eigenvalue weighted by molar-refractivity contribution is 5.70. The van der Waals surface area contributed by atoms with Crippen molar-refractivity contribution >= 4 is 24.1 Å². The molecule has 396 valence electrons. The minimum atomic E-state index is -0.787. The normalized spacial score (nSPS) is 14.8. The van der Waals surface area contributed by atoms with Gasteiger partial charge in [0.2, 0.25) is 0 Å². The van der Waals surface area contributed by atoms with E-state index < -0.39 is 24.3 Å². The van der Waals surface area contributed by atoms with Gasteiger partial charge in [-0.25, -0.2) is 4.79 Å². The third kappa shape index (κ3) is 38.8. The number of ether oxygens (including phenoxy) is 7. The van der Waals surface area contributed by atoms with E-state index in [1.54, 1.807) is 0 Å². The Balaban J connectivity index is 2.59. The predicted octanol–water partition coefficient (Wildman–Crippen LogP) is 13.8. The molecule has 1 heterocycles. The van der Waals surface area contributed by atoms with E-state index in [9.17, 15) is 19.2 Å². The van der Waals surface area contributed by atoms with Gasteiger partial charge in [-0.2, -0.15) is 0 Å². The molecule has 0 aliphatic carbocycles. The van der Waals surface area contributed by atoms with E-state index in [2.05, 4.69) is 63.8 Å². The van der Waals surface area contributed by atoms with E-state index in [0.29, 0.717) is 45.0 Å². The molecule has 0 aromatic rings. The lowest BCUT2D eigenvalue weighted by Gasteiger charge is -2.31. The van der Waals surface area contributed by atoms with Gasteiger partial charge in [0, 0.05) is 44.9 Å². The van der Waals surface area contributed by atoms with E-state index >= 15 is 0 Å². The SMILES string of the molecule is CC/C=C\CCCCOC(CCC(=O)OCC(COC(=O)CCCCCCC(=O)OCCC(CCCCCC)CCCCCC)COC(=O)OCC1CCCN(CC)C1)OCCCC/C=C\CC. The molecule has 1 saturated heterocycles. The molecular weight excluding hydrogens is 863 g/mol. The Kier molecular flexibility index (Phi) is 43.0. The summed E-state index contributed by atoms with van der Waals surface area (Å²) in [7, 11) is 0. The molecule has 12 nitrogen and oxygen atoms in total. The topological polar surface area (TPSA) is 136 Å². The number of nitrogens with zero attached hydrogens (tertiary/aromatic N) is 1. The van der Waals surface area contributed by atoms with E-state index in [-0.39, 0.29) is 57.1 Å². The third-order valence-electron chi connectivity index (χ3n) is 12.6. The molecule has 1 fully saturated rings. The molecule has 1 aliphatic heterocycles. The van der Waals surface area contributed by atoms with Crippen LogP contribution in [0.2, 0.25) is 0 Å². The second-order valence-electron chi connectivity index (χ2n) is 19.0. The monoisotopic (exact) mass is 964 g/mol. The maximum absolute atomic E-state index is 13.0. The average molecular weight is 964 g/mol. The zero-order chi connectivity index (χ0) is 49.6. The van der Waals surface area contributed by atoms with E-state index in [1.807, 2.05) is 0 Å². The average Bonchev–Trinajstić information content (AvgIpc) is 3.34. The Bertz CT molecular complexity index is 1240. The third-order valence-corrected chi connectivity index (χ3v) is 12.6. The zero-order valence-corrected chi connectivity index (χ0v) is 44.1. The highest BCUT2D eigenvalue weighted by atomic mass is 16.7. The van der Waals surface area contributed by atoms with Crippen LogP contribution >= 0.6 is 0 Å². The number of piperidine rings is 1.